The van der Waals surface area contributed by atoms with E-state index in [1.807, 2.05) is 6.07 Å². The summed E-state index contributed by atoms with van der Waals surface area (Å²) >= 11 is 5.64. The van der Waals surface area contributed by atoms with E-state index >= 15 is 0 Å². The smallest absolute Gasteiger partial charge is 0.0931 e. The Morgan fingerprint density at radius 1 is 1.42 bits per heavy atom. The van der Waals surface area contributed by atoms with Crippen LogP contribution in [-0.2, 0) is 6.42 Å². The molecule has 62 valence electrons. The first-order valence-corrected chi connectivity index (χ1v) is 4.41. The second-order valence-electron chi connectivity index (χ2n) is 2.69. The second-order valence-corrected chi connectivity index (χ2v) is 3.07. The van der Waals surface area contributed by atoms with E-state index < -0.39 is 0 Å². The number of H-pyrrole nitrogens is 1. The van der Waals surface area contributed by atoms with Crippen LogP contribution in [0.3, 0.4) is 0 Å². The van der Waals surface area contributed by atoms with Gasteiger partial charge in [0.2, 0.25) is 0 Å². The lowest BCUT2D eigenvalue weighted by atomic mass is 10.1. The first-order valence-electron chi connectivity index (χ1n) is 3.88. The predicted octanol–water partition coefficient (Wildman–Crippen LogP) is 2.34. The summed E-state index contributed by atoms with van der Waals surface area (Å²) < 4.78 is 0. The number of nitrogens with one attached hydrogen (secondary N) is 1. The van der Waals surface area contributed by atoms with Crippen molar-refractivity contribution in [3.63, 3.8) is 0 Å². The molecular formula is C9H9ClN2. The fourth-order valence-electron chi connectivity index (χ4n) is 1.25. The number of aryl methyl sites for hydroxylation is 1. The Balaban J connectivity index is 2.46. The molecule has 3 heteroatoms. The highest BCUT2D eigenvalue weighted by Gasteiger charge is 1.96. The van der Waals surface area contributed by atoms with Gasteiger partial charge in [-0.25, -0.2) is 4.98 Å². The van der Waals surface area contributed by atoms with Gasteiger partial charge in [-0.1, -0.05) is 6.07 Å². The zero-order valence-corrected chi connectivity index (χ0v) is 7.30. The number of benzene rings is 1. The average molecular weight is 181 g/mol. The summed E-state index contributed by atoms with van der Waals surface area (Å²) in [5.41, 5.74) is 3.34. The van der Waals surface area contributed by atoms with Crippen LogP contribution in [0.4, 0.5) is 0 Å². The van der Waals surface area contributed by atoms with Crippen molar-refractivity contribution in [1.82, 2.24) is 9.97 Å². The number of imidazole rings is 1. The van der Waals surface area contributed by atoms with Gasteiger partial charge in [0.1, 0.15) is 0 Å². The van der Waals surface area contributed by atoms with Gasteiger partial charge in [-0.05, 0) is 24.1 Å². The molecule has 0 aliphatic rings. The van der Waals surface area contributed by atoms with E-state index in [0.29, 0.717) is 5.88 Å². The molecule has 0 unspecified atom stereocenters. The van der Waals surface area contributed by atoms with Gasteiger partial charge in [0.25, 0.3) is 0 Å². The van der Waals surface area contributed by atoms with Crippen molar-refractivity contribution >= 4 is 22.6 Å². The molecule has 1 heterocycles. The maximum Gasteiger partial charge on any atom is 0.0931 e. The number of halogens is 1. The Morgan fingerprint density at radius 3 is 3.17 bits per heavy atom. The highest BCUT2D eigenvalue weighted by Crippen LogP contribution is 2.12. The summed E-state index contributed by atoms with van der Waals surface area (Å²) in [6.07, 6.45) is 2.62. The van der Waals surface area contributed by atoms with Gasteiger partial charge in [0, 0.05) is 5.88 Å². The van der Waals surface area contributed by atoms with Crippen molar-refractivity contribution in [1.29, 1.82) is 0 Å². The monoisotopic (exact) mass is 180 g/mol. The van der Waals surface area contributed by atoms with Gasteiger partial charge >= 0.3 is 0 Å². The number of aromatic amines is 1. The van der Waals surface area contributed by atoms with Gasteiger partial charge < -0.3 is 4.98 Å². The van der Waals surface area contributed by atoms with Crippen molar-refractivity contribution in [2.45, 2.75) is 6.42 Å². The predicted molar refractivity (Wildman–Crippen MR) is 50.5 cm³/mol. The fraction of sp³-hybridized carbons (Fsp3) is 0.222. The maximum absolute atomic E-state index is 5.64. The summed E-state index contributed by atoms with van der Waals surface area (Å²) in [7, 11) is 0. The lowest BCUT2D eigenvalue weighted by Crippen LogP contribution is -1.84. The molecule has 12 heavy (non-hydrogen) atoms. The average Bonchev–Trinajstić information content (AvgIpc) is 2.51. The van der Waals surface area contributed by atoms with Crippen LogP contribution in [0.2, 0.25) is 0 Å². The number of nitrogens with zero attached hydrogens (tertiary/aromatic N) is 1. The topological polar surface area (TPSA) is 28.7 Å². The van der Waals surface area contributed by atoms with Gasteiger partial charge in [-0.15, -0.1) is 11.6 Å². The minimum Gasteiger partial charge on any atom is -0.345 e. The van der Waals surface area contributed by atoms with Crippen LogP contribution in [0, 0.1) is 0 Å². The van der Waals surface area contributed by atoms with Crippen LogP contribution >= 0.6 is 11.6 Å². The van der Waals surface area contributed by atoms with Gasteiger partial charge in [-0.3, -0.25) is 0 Å². The zero-order chi connectivity index (χ0) is 8.39. The third-order valence-electron chi connectivity index (χ3n) is 1.87. The minimum absolute atomic E-state index is 0.666. The number of alkyl halides is 1. The van der Waals surface area contributed by atoms with E-state index in [1.54, 1.807) is 6.33 Å². The fourth-order valence-corrected chi connectivity index (χ4v) is 1.47. The lowest BCUT2D eigenvalue weighted by molar-refractivity contribution is 1.15. The molecule has 0 radical (unpaired) electrons. The molecule has 2 aromatic rings. The maximum atomic E-state index is 5.64. The number of fused-ring (bicyclic) bond motifs is 1. The van der Waals surface area contributed by atoms with Crippen molar-refractivity contribution in [3.05, 3.63) is 30.1 Å². The van der Waals surface area contributed by atoms with Crippen molar-refractivity contribution in [2.24, 2.45) is 0 Å². The Morgan fingerprint density at radius 2 is 2.33 bits per heavy atom. The molecule has 0 aliphatic carbocycles. The van der Waals surface area contributed by atoms with Crippen LogP contribution in [0.25, 0.3) is 11.0 Å². The Bertz CT molecular complexity index is 381. The van der Waals surface area contributed by atoms with E-state index in [-0.39, 0.29) is 0 Å². The molecule has 0 atom stereocenters. The number of hydrogen-bond acceptors (Lipinski definition) is 1. The van der Waals surface area contributed by atoms with Crippen LogP contribution in [0.15, 0.2) is 24.5 Å². The van der Waals surface area contributed by atoms with E-state index in [9.17, 15) is 0 Å². The van der Waals surface area contributed by atoms with Crippen LogP contribution in [-0.4, -0.2) is 15.8 Å². The van der Waals surface area contributed by atoms with E-state index in [2.05, 4.69) is 22.1 Å². The summed E-state index contributed by atoms with van der Waals surface area (Å²) in [5.74, 6) is 0.666. The molecule has 0 fully saturated rings. The summed E-state index contributed by atoms with van der Waals surface area (Å²) in [6.45, 7) is 0. The Kier molecular flexibility index (Phi) is 2.00. The number of rotatable bonds is 2. The molecule has 2 rings (SSSR count). The van der Waals surface area contributed by atoms with Crippen molar-refractivity contribution in [2.75, 3.05) is 5.88 Å². The van der Waals surface area contributed by atoms with Gasteiger partial charge in [0.15, 0.2) is 0 Å². The molecule has 0 amide bonds. The van der Waals surface area contributed by atoms with E-state index in [0.717, 1.165) is 17.5 Å². The largest absolute Gasteiger partial charge is 0.345 e. The summed E-state index contributed by atoms with van der Waals surface area (Å²) in [4.78, 5) is 7.20. The molecule has 0 saturated carbocycles. The quantitative estimate of drug-likeness (QED) is 0.707. The highest BCUT2D eigenvalue weighted by molar-refractivity contribution is 6.18. The number of hydrogen-bond donors (Lipinski definition) is 1. The molecule has 2 nitrogen and oxygen atoms in total. The molecule has 1 aromatic carbocycles. The summed E-state index contributed by atoms with van der Waals surface area (Å²) in [6, 6.07) is 6.16. The van der Waals surface area contributed by atoms with Crippen molar-refractivity contribution in [3.8, 4) is 0 Å². The van der Waals surface area contributed by atoms with Crippen LogP contribution in [0.1, 0.15) is 5.56 Å². The Hall–Kier alpha value is -1.02. The second kappa shape index (κ2) is 3.15. The number of aromatic nitrogens is 2. The normalized spacial score (nSPS) is 10.8. The summed E-state index contributed by atoms with van der Waals surface area (Å²) in [5, 5.41) is 0. The Labute approximate surface area is 75.6 Å². The first-order chi connectivity index (χ1) is 5.90. The standard InChI is InChI=1S/C9H9ClN2/c10-4-3-7-1-2-8-9(5-7)12-6-11-8/h1-2,5-6H,3-4H2,(H,11,12). The molecule has 1 aromatic heterocycles. The SMILES string of the molecule is ClCCc1ccc2nc[nH]c2c1. The third-order valence-corrected chi connectivity index (χ3v) is 2.06. The third kappa shape index (κ3) is 1.30. The zero-order valence-electron chi connectivity index (χ0n) is 6.55. The van der Waals surface area contributed by atoms with Gasteiger partial charge in [0.05, 0.1) is 17.4 Å². The highest BCUT2D eigenvalue weighted by atomic mass is 35.5. The molecule has 0 spiro atoms. The minimum atomic E-state index is 0.666. The molecule has 0 bridgehead atoms. The van der Waals surface area contributed by atoms with Crippen LogP contribution in [0.5, 0.6) is 0 Å². The lowest BCUT2D eigenvalue weighted by Gasteiger charge is -1.95. The molecule has 0 aliphatic heterocycles. The molecular weight excluding hydrogens is 172 g/mol. The van der Waals surface area contributed by atoms with Crippen LogP contribution < -0.4 is 0 Å². The molecule has 1 N–H and O–H groups in total. The first kappa shape index (κ1) is 7.62. The van der Waals surface area contributed by atoms with E-state index in [1.165, 1.54) is 5.56 Å². The van der Waals surface area contributed by atoms with Gasteiger partial charge in [-0.2, -0.15) is 0 Å². The van der Waals surface area contributed by atoms with E-state index in [4.69, 9.17) is 11.6 Å². The van der Waals surface area contributed by atoms with Crippen molar-refractivity contribution < 1.29 is 0 Å². The molecule has 0 saturated heterocycles.